The van der Waals surface area contributed by atoms with Gasteiger partial charge in [-0.15, -0.1) is 0 Å². The standard InChI is InChI=1S/C15H15FN2O3/c1-10(19)18-15-12(5-6-21-15)8-14(20)17-9-11-3-2-4-13(16)7-11/h2-7H,8-9H2,1H3,(H,17,20)(H,18,19). The number of carbonyl (C=O) groups excluding carboxylic acids is 2. The molecule has 1 aromatic carbocycles. The molecule has 2 aromatic rings. The van der Waals surface area contributed by atoms with Crippen LogP contribution in [-0.2, 0) is 22.6 Å². The molecule has 2 N–H and O–H groups in total. The van der Waals surface area contributed by atoms with Gasteiger partial charge in [0.15, 0.2) is 0 Å². The molecule has 0 unspecified atom stereocenters. The minimum absolute atomic E-state index is 0.0709. The average Bonchev–Trinajstić information content (AvgIpc) is 2.83. The summed E-state index contributed by atoms with van der Waals surface area (Å²) in [5.74, 6) is -0.591. The lowest BCUT2D eigenvalue weighted by atomic mass is 10.2. The summed E-state index contributed by atoms with van der Waals surface area (Å²) in [5, 5.41) is 5.19. The molecule has 0 fully saturated rings. The van der Waals surface area contributed by atoms with E-state index in [1.54, 1.807) is 18.2 Å². The number of nitrogens with one attached hydrogen (secondary N) is 2. The molecule has 21 heavy (non-hydrogen) atoms. The van der Waals surface area contributed by atoms with Crippen molar-refractivity contribution in [1.82, 2.24) is 5.32 Å². The number of rotatable bonds is 5. The fraction of sp³-hybridized carbons (Fsp3) is 0.200. The zero-order valence-electron chi connectivity index (χ0n) is 11.5. The highest BCUT2D eigenvalue weighted by Gasteiger charge is 2.12. The topological polar surface area (TPSA) is 71.3 Å². The number of amides is 2. The normalized spacial score (nSPS) is 10.2. The molecule has 0 saturated carbocycles. The summed E-state index contributed by atoms with van der Waals surface area (Å²) in [7, 11) is 0. The van der Waals surface area contributed by atoms with Gasteiger partial charge in [0.05, 0.1) is 12.7 Å². The Hall–Kier alpha value is -2.63. The van der Waals surface area contributed by atoms with E-state index in [4.69, 9.17) is 4.42 Å². The van der Waals surface area contributed by atoms with E-state index in [0.29, 0.717) is 11.1 Å². The van der Waals surface area contributed by atoms with Gasteiger partial charge < -0.3 is 9.73 Å². The molecule has 0 saturated heterocycles. The molecular formula is C15H15FN2O3. The number of hydrogen-bond acceptors (Lipinski definition) is 3. The van der Waals surface area contributed by atoms with E-state index in [1.807, 2.05) is 0 Å². The van der Waals surface area contributed by atoms with Crippen LogP contribution in [0, 0.1) is 5.82 Å². The third kappa shape index (κ3) is 4.45. The Morgan fingerprint density at radius 1 is 1.29 bits per heavy atom. The predicted octanol–water partition coefficient (Wildman–Crippen LogP) is 2.24. The van der Waals surface area contributed by atoms with Gasteiger partial charge in [0.25, 0.3) is 0 Å². The largest absolute Gasteiger partial charge is 0.448 e. The molecule has 0 aliphatic heterocycles. The van der Waals surface area contributed by atoms with Gasteiger partial charge >= 0.3 is 0 Å². The summed E-state index contributed by atoms with van der Waals surface area (Å²) < 4.78 is 18.1. The van der Waals surface area contributed by atoms with Crippen LogP contribution in [0.3, 0.4) is 0 Å². The maximum absolute atomic E-state index is 13.0. The van der Waals surface area contributed by atoms with Crippen molar-refractivity contribution in [3.63, 3.8) is 0 Å². The average molecular weight is 290 g/mol. The van der Waals surface area contributed by atoms with E-state index in [9.17, 15) is 14.0 Å². The summed E-state index contributed by atoms with van der Waals surface area (Å²) in [6.45, 7) is 1.60. The molecule has 0 aliphatic rings. The fourth-order valence-corrected chi connectivity index (χ4v) is 1.83. The second-order valence-corrected chi connectivity index (χ2v) is 4.54. The minimum Gasteiger partial charge on any atom is -0.448 e. The predicted molar refractivity (Wildman–Crippen MR) is 75.0 cm³/mol. The van der Waals surface area contributed by atoms with Crippen molar-refractivity contribution < 1.29 is 18.4 Å². The number of hydrogen-bond donors (Lipinski definition) is 2. The third-order valence-corrected chi connectivity index (χ3v) is 2.77. The van der Waals surface area contributed by atoms with Crippen LogP contribution >= 0.6 is 0 Å². The first-order valence-corrected chi connectivity index (χ1v) is 6.39. The quantitative estimate of drug-likeness (QED) is 0.887. The lowest BCUT2D eigenvalue weighted by Gasteiger charge is -2.06. The maximum Gasteiger partial charge on any atom is 0.224 e. The van der Waals surface area contributed by atoms with Crippen LogP contribution in [-0.4, -0.2) is 11.8 Å². The fourth-order valence-electron chi connectivity index (χ4n) is 1.83. The van der Waals surface area contributed by atoms with Crippen LogP contribution in [0.25, 0.3) is 0 Å². The summed E-state index contributed by atoms with van der Waals surface area (Å²) in [5.41, 5.74) is 1.26. The van der Waals surface area contributed by atoms with E-state index < -0.39 is 0 Å². The van der Waals surface area contributed by atoms with Crippen LogP contribution in [0.15, 0.2) is 41.0 Å². The number of carbonyl (C=O) groups is 2. The van der Waals surface area contributed by atoms with E-state index in [2.05, 4.69) is 10.6 Å². The molecule has 2 amide bonds. The van der Waals surface area contributed by atoms with Crippen molar-refractivity contribution >= 4 is 17.7 Å². The minimum atomic E-state index is -0.343. The highest BCUT2D eigenvalue weighted by atomic mass is 19.1. The first kappa shape index (κ1) is 14.8. The van der Waals surface area contributed by atoms with Gasteiger partial charge in [-0.3, -0.25) is 14.9 Å². The summed E-state index contributed by atoms with van der Waals surface area (Å²) in [6, 6.07) is 7.64. The molecule has 110 valence electrons. The molecule has 0 radical (unpaired) electrons. The van der Waals surface area contributed by atoms with Gasteiger partial charge in [-0.05, 0) is 23.8 Å². The Labute approximate surface area is 121 Å². The van der Waals surface area contributed by atoms with Crippen molar-refractivity contribution in [3.8, 4) is 0 Å². The molecule has 2 rings (SSSR count). The smallest absolute Gasteiger partial charge is 0.224 e. The van der Waals surface area contributed by atoms with Crippen LogP contribution in [0.1, 0.15) is 18.1 Å². The van der Waals surface area contributed by atoms with Crippen LogP contribution in [0.2, 0.25) is 0 Å². The molecule has 1 heterocycles. The molecule has 0 aliphatic carbocycles. The van der Waals surface area contributed by atoms with E-state index >= 15 is 0 Å². The highest BCUT2D eigenvalue weighted by molar-refractivity contribution is 5.89. The molecule has 5 nitrogen and oxygen atoms in total. The number of benzene rings is 1. The Bertz CT molecular complexity index is 652. The maximum atomic E-state index is 13.0. The summed E-state index contributed by atoms with van der Waals surface area (Å²) in [6.07, 6.45) is 1.47. The van der Waals surface area contributed by atoms with Crippen molar-refractivity contribution in [3.05, 3.63) is 53.5 Å². The molecule has 0 spiro atoms. The molecule has 1 aromatic heterocycles. The van der Waals surface area contributed by atoms with Crippen LogP contribution in [0.4, 0.5) is 10.3 Å². The van der Waals surface area contributed by atoms with Crippen molar-refractivity contribution in [2.75, 3.05) is 5.32 Å². The van der Waals surface area contributed by atoms with Crippen LogP contribution in [0.5, 0.6) is 0 Å². The second-order valence-electron chi connectivity index (χ2n) is 4.54. The zero-order valence-corrected chi connectivity index (χ0v) is 11.5. The highest BCUT2D eigenvalue weighted by Crippen LogP contribution is 2.17. The summed E-state index contributed by atoms with van der Waals surface area (Å²) >= 11 is 0. The molecule has 0 atom stereocenters. The van der Waals surface area contributed by atoms with Crippen LogP contribution < -0.4 is 10.6 Å². The molecular weight excluding hydrogens is 275 g/mol. The van der Waals surface area contributed by atoms with E-state index in [-0.39, 0.29) is 36.5 Å². The number of halogens is 1. The Balaban J connectivity index is 1.90. The first-order valence-electron chi connectivity index (χ1n) is 6.39. The molecule has 6 heteroatoms. The van der Waals surface area contributed by atoms with E-state index in [1.165, 1.54) is 25.3 Å². The SMILES string of the molecule is CC(=O)Nc1occc1CC(=O)NCc1cccc(F)c1. The third-order valence-electron chi connectivity index (χ3n) is 2.77. The Morgan fingerprint density at radius 3 is 2.81 bits per heavy atom. The Kier molecular flexibility index (Phi) is 4.71. The zero-order chi connectivity index (χ0) is 15.2. The van der Waals surface area contributed by atoms with Gasteiger partial charge in [-0.2, -0.15) is 0 Å². The van der Waals surface area contributed by atoms with Gasteiger partial charge in [-0.25, -0.2) is 4.39 Å². The van der Waals surface area contributed by atoms with Gasteiger partial charge in [0.2, 0.25) is 17.7 Å². The van der Waals surface area contributed by atoms with Gasteiger partial charge in [-0.1, -0.05) is 12.1 Å². The van der Waals surface area contributed by atoms with Crippen molar-refractivity contribution in [2.24, 2.45) is 0 Å². The van der Waals surface area contributed by atoms with Crippen molar-refractivity contribution in [2.45, 2.75) is 19.9 Å². The van der Waals surface area contributed by atoms with E-state index in [0.717, 1.165) is 0 Å². The van der Waals surface area contributed by atoms with Gasteiger partial charge in [0, 0.05) is 19.0 Å². The lowest BCUT2D eigenvalue weighted by Crippen LogP contribution is -2.24. The summed E-state index contributed by atoms with van der Waals surface area (Å²) in [4.78, 5) is 22.8. The monoisotopic (exact) mass is 290 g/mol. The number of furan rings is 1. The lowest BCUT2D eigenvalue weighted by molar-refractivity contribution is -0.120. The van der Waals surface area contributed by atoms with Gasteiger partial charge in [0.1, 0.15) is 5.82 Å². The Morgan fingerprint density at radius 2 is 2.10 bits per heavy atom. The second kappa shape index (κ2) is 6.69. The first-order chi connectivity index (χ1) is 10.0. The van der Waals surface area contributed by atoms with Crippen molar-refractivity contribution in [1.29, 1.82) is 0 Å². The molecule has 0 bridgehead atoms. The number of anilines is 1.